The first-order chi connectivity index (χ1) is 12.4. The Bertz CT molecular complexity index is 893. The maximum absolute atomic E-state index is 12.7. The summed E-state index contributed by atoms with van der Waals surface area (Å²) in [6.45, 7) is 1.26. The Balaban J connectivity index is 1.67. The maximum atomic E-state index is 12.7. The van der Waals surface area contributed by atoms with Gasteiger partial charge >= 0.3 is 0 Å². The number of halogens is 1. The average molecular weight is 411 g/mol. The molecule has 0 saturated carbocycles. The third-order valence-corrected chi connectivity index (χ3v) is 7.17. The number of amides is 1. The number of benzene rings is 2. The normalized spacial score (nSPS) is 15.8. The lowest BCUT2D eigenvalue weighted by Gasteiger charge is -2.34. The molecule has 8 heteroatoms. The van der Waals surface area contributed by atoms with Crippen LogP contribution in [-0.2, 0) is 10.0 Å². The minimum Gasteiger partial charge on any atom is -0.336 e. The molecule has 138 valence electrons. The fourth-order valence-electron chi connectivity index (χ4n) is 2.82. The van der Waals surface area contributed by atoms with Crippen molar-refractivity contribution in [2.24, 2.45) is 0 Å². The molecular formula is C18H19ClN2O3S2. The molecule has 1 heterocycles. The van der Waals surface area contributed by atoms with Crippen LogP contribution in [0.25, 0.3) is 0 Å². The second kappa shape index (κ2) is 8.00. The standard InChI is InChI=1S/C18H19ClN2O3S2/c1-25-16-7-5-14(6-8-16)18(22)20-9-11-21(12-10-20)26(23,24)17-4-2-3-15(19)13-17/h2-8,13H,9-12H2,1H3. The third kappa shape index (κ3) is 4.06. The molecular weight excluding hydrogens is 392 g/mol. The van der Waals surface area contributed by atoms with Crippen LogP contribution in [-0.4, -0.2) is 56.0 Å². The lowest BCUT2D eigenvalue weighted by molar-refractivity contribution is 0.0698. The quantitative estimate of drug-likeness (QED) is 0.726. The van der Waals surface area contributed by atoms with Crippen molar-refractivity contribution in [2.75, 3.05) is 32.4 Å². The highest BCUT2D eigenvalue weighted by molar-refractivity contribution is 7.98. The van der Waals surface area contributed by atoms with Crippen molar-refractivity contribution >= 4 is 39.3 Å². The second-order valence-corrected chi connectivity index (χ2v) is 9.14. The molecule has 1 aliphatic rings. The Morgan fingerprint density at radius 1 is 1.04 bits per heavy atom. The summed E-state index contributed by atoms with van der Waals surface area (Å²) < 4.78 is 26.8. The van der Waals surface area contributed by atoms with Gasteiger partial charge in [-0.2, -0.15) is 4.31 Å². The van der Waals surface area contributed by atoms with E-state index < -0.39 is 10.0 Å². The Hall–Kier alpha value is -1.54. The van der Waals surface area contributed by atoms with E-state index in [-0.39, 0.29) is 23.9 Å². The van der Waals surface area contributed by atoms with E-state index in [1.165, 1.54) is 16.4 Å². The Kier molecular flexibility index (Phi) is 5.92. The lowest BCUT2D eigenvalue weighted by atomic mass is 10.2. The van der Waals surface area contributed by atoms with Gasteiger partial charge in [-0.3, -0.25) is 4.79 Å². The number of piperazine rings is 1. The summed E-state index contributed by atoms with van der Waals surface area (Å²) in [6, 6.07) is 13.7. The number of sulfonamides is 1. The van der Waals surface area contributed by atoms with Crippen LogP contribution in [0.2, 0.25) is 5.02 Å². The molecule has 0 aromatic heterocycles. The molecule has 0 spiro atoms. The summed E-state index contributed by atoms with van der Waals surface area (Å²) >= 11 is 7.53. The van der Waals surface area contributed by atoms with Gasteiger partial charge in [0.15, 0.2) is 0 Å². The summed E-state index contributed by atoms with van der Waals surface area (Å²) in [4.78, 5) is 15.6. The van der Waals surface area contributed by atoms with Gasteiger partial charge in [-0.25, -0.2) is 8.42 Å². The van der Waals surface area contributed by atoms with E-state index in [1.807, 2.05) is 30.5 Å². The molecule has 1 fully saturated rings. The van der Waals surface area contributed by atoms with E-state index in [4.69, 9.17) is 11.6 Å². The molecule has 0 radical (unpaired) electrons. The first-order valence-corrected chi connectivity index (χ1v) is 11.1. The van der Waals surface area contributed by atoms with Crippen molar-refractivity contribution in [3.05, 3.63) is 59.1 Å². The van der Waals surface area contributed by atoms with E-state index >= 15 is 0 Å². The fraction of sp³-hybridized carbons (Fsp3) is 0.278. The number of hydrogen-bond acceptors (Lipinski definition) is 4. The number of hydrogen-bond donors (Lipinski definition) is 0. The number of carbonyl (C=O) groups is 1. The van der Waals surface area contributed by atoms with Crippen LogP contribution in [0.1, 0.15) is 10.4 Å². The van der Waals surface area contributed by atoms with Crippen molar-refractivity contribution in [3.63, 3.8) is 0 Å². The van der Waals surface area contributed by atoms with Crippen LogP contribution in [0, 0.1) is 0 Å². The van der Waals surface area contributed by atoms with Crippen LogP contribution in [0.15, 0.2) is 58.3 Å². The predicted octanol–water partition coefficient (Wildman–Crippen LogP) is 3.21. The van der Waals surface area contributed by atoms with Gasteiger partial charge in [0.05, 0.1) is 4.90 Å². The first-order valence-electron chi connectivity index (χ1n) is 8.11. The number of carbonyl (C=O) groups excluding carboxylic acids is 1. The number of thioether (sulfide) groups is 1. The zero-order valence-corrected chi connectivity index (χ0v) is 16.6. The maximum Gasteiger partial charge on any atom is 0.253 e. The highest BCUT2D eigenvalue weighted by atomic mass is 35.5. The Labute approximate surface area is 163 Å². The predicted molar refractivity (Wildman–Crippen MR) is 104 cm³/mol. The van der Waals surface area contributed by atoms with Gasteiger partial charge in [-0.05, 0) is 48.7 Å². The van der Waals surface area contributed by atoms with Crippen LogP contribution in [0.3, 0.4) is 0 Å². The van der Waals surface area contributed by atoms with E-state index in [0.717, 1.165) is 4.90 Å². The summed E-state index contributed by atoms with van der Waals surface area (Å²) in [7, 11) is -3.60. The van der Waals surface area contributed by atoms with Gasteiger partial charge in [0.1, 0.15) is 0 Å². The topological polar surface area (TPSA) is 57.7 Å². The molecule has 2 aromatic rings. The SMILES string of the molecule is CSc1ccc(C(=O)N2CCN(S(=O)(=O)c3cccc(Cl)c3)CC2)cc1. The van der Waals surface area contributed by atoms with E-state index in [9.17, 15) is 13.2 Å². The van der Waals surface area contributed by atoms with Gasteiger partial charge in [-0.1, -0.05) is 17.7 Å². The molecule has 1 amide bonds. The van der Waals surface area contributed by atoms with E-state index in [2.05, 4.69) is 0 Å². The van der Waals surface area contributed by atoms with Crippen molar-refractivity contribution in [3.8, 4) is 0 Å². The minimum atomic E-state index is -3.60. The van der Waals surface area contributed by atoms with Gasteiger partial charge in [0.25, 0.3) is 5.91 Å². The lowest BCUT2D eigenvalue weighted by Crippen LogP contribution is -2.50. The van der Waals surface area contributed by atoms with Gasteiger partial charge in [0, 0.05) is 41.7 Å². The summed E-state index contributed by atoms with van der Waals surface area (Å²) in [5, 5.41) is 0.383. The molecule has 2 aromatic carbocycles. The minimum absolute atomic E-state index is 0.0718. The fourth-order valence-corrected chi connectivity index (χ4v) is 4.96. The van der Waals surface area contributed by atoms with Gasteiger partial charge in [-0.15, -0.1) is 11.8 Å². The summed E-state index contributed by atoms with van der Waals surface area (Å²) in [6.07, 6.45) is 1.98. The second-order valence-electron chi connectivity index (χ2n) is 5.88. The molecule has 1 saturated heterocycles. The van der Waals surface area contributed by atoms with Crippen molar-refractivity contribution in [1.29, 1.82) is 0 Å². The monoisotopic (exact) mass is 410 g/mol. The van der Waals surface area contributed by atoms with Crippen molar-refractivity contribution in [1.82, 2.24) is 9.21 Å². The number of rotatable bonds is 4. The van der Waals surface area contributed by atoms with Crippen LogP contribution in [0.4, 0.5) is 0 Å². The van der Waals surface area contributed by atoms with E-state index in [0.29, 0.717) is 23.7 Å². The summed E-state index contributed by atoms with van der Waals surface area (Å²) in [5.74, 6) is -0.0718. The summed E-state index contributed by atoms with van der Waals surface area (Å²) in [5.41, 5.74) is 0.619. The molecule has 0 unspecified atom stereocenters. The Morgan fingerprint density at radius 2 is 1.69 bits per heavy atom. The van der Waals surface area contributed by atoms with E-state index in [1.54, 1.807) is 28.8 Å². The largest absolute Gasteiger partial charge is 0.336 e. The molecule has 3 rings (SSSR count). The zero-order chi connectivity index (χ0) is 18.7. The Morgan fingerprint density at radius 3 is 2.27 bits per heavy atom. The third-order valence-electron chi connectivity index (χ3n) is 4.30. The number of nitrogens with zero attached hydrogens (tertiary/aromatic N) is 2. The van der Waals surface area contributed by atoms with Crippen LogP contribution >= 0.6 is 23.4 Å². The molecule has 0 bridgehead atoms. The molecule has 5 nitrogen and oxygen atoms in total. The molecule has 1 aliphatic heterocycles. The highest BCUT2D eigenvalue weighted by Crippen LogP contribution is 2.22. The first kappa shape index (κ1) is 19.2. The van der Waals surface area contributed by atoms with Crippen LogP contribution in [0.5, 0.6) is 0 Å². The van der Waals surface area contributed by atoms with Gasteiger partial charge < -0.3 is 4.90 Å². The molecule has 0 N–H and O–H groups in total. The van der Waals surface area contributed by atoms with Crippen molar-refractivity contribution < 1.29 is 13.2 Å². The highest BCUT2D eigenvalue weighted by Gasteiger charge is 2.30. The molecule has 0 atom stereocenters. The molecule has 0 aliphatic carbocycles. The van der Waals surface area contributed by atoms with Crippen molar-refractivity contribution in [2.45, 2.75) is 9.79 Å². The molecule has 26 heavy (non-hydrogen) atoms. The van der Waals surface area contributed by atoms with Gasteiger partial charge in [0.2, 0.25) is 10.0 Å². The zero-order valence-electron chi connectivity index (χ0n) is 14.3. The van der Waals surface area contributed by atoms with Crippen LogP contribution < -0.4 is 0 Å². The smallest absolute Gasteiger partial charge is 0.253 e. The average Bonchev–Trinajstić information content (AvgIpc) is 2.67.